The van der Waals surface area contributed by atoms with E-state index in [1.807, 2.05) is 13.2 Å². The van der Waals surface area contributed by atoms with E-state index in [2.05, 4.69) is 34.3 Å². The summed E-state index contributed by atoms with van der Waals surface area (Å²) in [5.41, 5.74) is 1.27. The molecule has 1 unspecified atom stereocenters. The second-order valence-corrected chi connectivity index (χ2v) is 4.73. The minimum Gasteiger partial charge on any atom is -0.376 e. The Morgan fingerprint density at radius 3 is 3.11 bits per heavy atom. The number of anilines is 1. The van der Waals surface area contributed by atoms with Gasteiger partial charge in [-0.05, 0) is 44.5 Å². The Labute approximate surface area is 109 Å². The standard InChI is InChI=1S/C14H23N3O/c1-3-17(11-13-5-4-8-18-13)14-9-12(10-15-2)6-7-16-14/h6-7,9,13,15H,3-5,8,10-11H2,1-2H3. The lowest BCUT2D eigenvalue weighted by Crippen LogP contribution is -2.32. The number of rotatable bonds is 6. The molecule has 1 atom stereocenters. The van der Waals surface area contributed by atoms with E-state index in [1.54, 1.807) is 0 Å². The third kappa shape index (κ3) is 3.43. The number of hydrogen-bond acceptors (Lipinski definition) is 4. The van der Waals surface area contributed by atoms with Gasteiger partial charge in [0, 0.05) is 32.4 Å². The van der Waals surface area contributed by atoms with Crippen molar-refractivity contribution in [3.05, 3.63) is 23.9 Å². The minimum atomic E-state index is 0.375. The molecule has 0 amide bonds. The van der Waals surface area contributed by atoms with Crippen LogP contribution >= 0.6 is 0 Å². The molecule has 0 spiro atoms. The molecule has 0 aromatic carbocycles. The molecule has 1 N–H and O–H groups in total. The summed E-state index contributed by atoms with van der Waals surface area (Å²) in [6.07, 6.45) is 4.63. The quantitative estimate of drug-likeness (QED) is 0.834. The van der Waals surface area contributed by atoms with Crippen LogP contribution in [0.4, 0.5) is 5.82 Å². The minimum absolute atomic E-state index is 0.375. The Kier molecular flexibility index (Phi) is 4.96. The van der Waals surface area contributed by atoms with Crippen molar-refractivity contribution < 1.29 is 4.74 Å². The number of ether oxygens (including phenoxy) is 1. The van der Waals surface area contributed by atoms with Gasteiger partial charge in [0.25, 0.3) is 0 Å². The Morgan fingerprint density at radius 2 is 2.44 bits per heavy atom. The number of likely N-dealkylation sites (N-methyl/N-ethyl adjacent to an activating group) is 1. The number of aromatic nitrogens is 1. The fourth-order valence-corrected chi connectivity index (χ4v) is 2.37. The van der Waals surface area contributed by atoms with Crippen molar-refractivity contribution in [2.24, 2.45) is 0 Å². The van der Waals surface area contributed by atoms with Crippen molar-refractivity contribution in [2.75, 3.05) is 31.6 Å². The van der Waals surface area contributed by atoms with E-state index in [-0.39, 0.29) is 0 Å². The van der Waals surface area contributed by atoms with Crippen LogP contribution in [0.5, 0.6) is 0 Å². The molecular weight excluding hydrogens is 226 g/mol. The highest BCUT2D eigenvalue weighted by Gasteiger charge is 2.19. The molecule has 2 heterocycles. The molecule has 18 heavy (non-hydrogen) atoms. The van der Waals surface area contributed by atoms with Crippen LogP contribution < -0.4 is 10.2 Å². The van der Waals surface area contributed by atoms with Crippen molar-refractivity contribution in [1.82, 2.24) is 10.3 Å². The maximum atomic E-state index is 5.70. The second kappa shape index (κ2) is 6.71. The van der Waals surface area contributed by atoms with Crippen LogP contribution in [-0.2, 0) is 11.3 Å². The molecule has 0 saturated carbocycles. The molecule has 1 saturated heterocycles. The SMILES string of the molecule is CCN(CC1CCCO1)c1cc(CNC)ccn1. The van der Waals surface area contributed by atoms with Gasteiger partial charge in [0.2, 0.25) is 0 Å². The Hall–Kier alpha value is -1.13. The maximum Gasteiger partial charge on any atom is 0.128 e. The summed E-state index contributed by atoms with van der Waals surface area (Å²) in [7, 11) is 1.96. The average Bonchev–Trinajstić information content (AvgIpc) is 2.89. The molecule has 1 fully saturated rings. The van der Waals surface area contributed by atoms with Gasteiger partial charge in [-0.25, -0.2) is 4.98 Å². The van der Waals surface area contributed by atoms with E-state index in [0.29, 0.717) is 6.10 Å². The molecule has 0 radical (unpaired) electrons. The van der Waals surface area contributed by atoms with Crippen LogP contribution in [-0.4, -0.2) is 37.8 Å². The molecule has 4 nitrogen and oxygen atoms in total. The molecule has 0 aliphatic carbocycles. The van der Waals surface area contributed by atoms with Gasteiger partial charge in [0.15, 0.2) is 0 Å². The first-order valence-corrected chi connectivity index (χ1v) is 6.79. The summed E-state index contributed by atoms with van der Waals surface area (Å²) in [5.74, 6) is 1.06. The number of nitrogens with zero attached hydrogens (tertiary/aromatic N) is 2. The fraction of sp³-hybridized carbons (Fsp3) is 0.643. The third-order valence-corrected chi connectivity index (χ3v) is 3.34. The van der Waals surface area contributed by atoms with Gasteiger partial charge in [0.1, 0.15) is 5.82 Å². The number of hydrogen-bond donors (Lipinski definition) is 1. The lowest BCUT2D eigenvalue weighted by molar-refractivity contribution is 0.115. The zero-order valence-corrected chi connectivity index (χ0v) is 11.4. The lowest BCUT2D eigenvalue weighted by atomic mass is 10.2. The van der Waals surface area contributed by atoms with Crippen LogP contribution in [0, 0.1) is 0 Å². The monoisotopic (exact) mass is 249 g/mol. The average molecular weight is 249 g/mol. The van der Waals surface area contributed by atoms with Crippen LogP contribution in [0.25, 0.3) is 0 Å². The van der Waals surface area contributed by atoms with Crippen molar-refractivity contribution >= 4 is 5.82 Å². The van der Waals surface area contributed by atoms with E-state index < -0.39 is 0 Å². The van der Waals surface area contributed by atoms with E-state index in [9.17, 15) is 0 Å². The molecular formula is C14H23N3O. The molecule has 2 rings (SSSR count). The first kappa shape index (κ1) is 13.3. The highest BCUT2D eigenvalue weighted by Crippen LogP contribution is 2.18. The highest BCUT2D eigenvalue weighted by atomic mass is 16.5. The Bertz CT molecular complexity index is 364. The topological polar surface area (TPSA) is 37.4 Å². The number of nitrogens with one attached hydrogen (secondary N) is 1. The van der Waals surface area contributed by atoms with Crippen molar-refractivity contribution in [3.63, 3.8) is 0 Å². The van der Waals surface area contributed by atoms with E-state index in [4.69, 9.17) is 4.74 Å². The van der Waals surface area contributed by atoms with Gasteiger partial charge in [-0.3, -0.25) is 0 Å². The smallest absolute Gasteiger partial charge is 0.128 e. The zero-order valence-electron chi connectivity index (χ0n) is 11.4. The molecule has 4 heteroatoms. The molecule has 1 aliphatic heterocycles. The fourth-order valence-electron chi connectivity index (χ4n) is 2.37. The van der Waals surface area contributed by atoms with Gasteiger partial charge in [0.05, 0.1) is 6.10 Å². The van der Waals surface area contributed by atoms with Gasteiger partial charge >= 0.3 is 0 Å². The first-order valence-electron chi connectivity index (χ1n) is 6.79. The van der Waals surface area contributed by atoms with Gasteiger partial charge in [-0.1, -0.05) is 0 Å². The van der Waals surface area contributed by atoms with Gasteiger partial charge in [-0.15, -0.1) is 0 Å². The largest absolute Gasteiger partial charge is 0.376 e. The van der Waals surface area contributed by atoms with Crippen molar-refractivity contribution in [1.29, 1.82) is 0 Å². The predicted molar refractivity (Wildman–Crippen MR) is 73.9 cm³/mol. The normalized spacial score (nSPS) is 19.1. The lowest BCUT2D eigenvalue weighted by Gasteiger charge is -2.25. The summed E-state index contributed by atoms with van der Waals surface area (Å²) in [4.78, 5) is 6.78. The second-order valence-electron chi connectivity index (χ2n) is 4.73. The van der Waals surface area contributed by atoms with Gasteiger partial charge in [-0.2, -0.15) is 0 Å². The molecule has 0 bridgehead atoms. The van der Waals surface area contributed by atoms with Crippen LogP contribution in [0.2, 0.25) is 0 Å². The van der Waals surface area contributed by atoms with E-state index >= 15 is 0 Å². The Balaban J connectivity index is 2.03. The van der Waals surface area contributed by atoms with Crippen molar-refractivity contribution in [2.45, 2.75) is 32.4 Å². The summed E-state index contributed by atoms with van der Waals surface area (Å²) >= 11 is 0. The van der Waals surface area contributed by atoms with Crippen LogP contribution in [0.15, 0.2) is 18.3 Å². The third-order valence-electron chi connectivity index (χ3n) is 3.34. The van der Waals surface area contributed by atoms with Gasteiger partial charge < -0.3 is 15.0 Å². The van der Waals surface area contributed by atoms with E-state index in [0.717, 1.165) is 32.1 Å². The van der Waals surface area contributed by atoms with Crippen LogP contribution in [0.1, 0.15) is 25.3 Å². The first-order chi connectivity index (χ1) is 8.83. The summed E-state index contributed by atoms with van der Waals surface area (Å²) < 4.78 is 5.70. The maximum absolute atomic E-state index is 5.70. The predicted octanol–water partition coefficient (Wildman–Crippen LogP) is 1.81. The summed E-state index contributed by atoms with van der Waals surface area (Å²) in [5, 5.41) is 3.17. The Morgan fingerprint density at radius 1 is 1.56 bits per heavy atom. The molecule has 1 aromatic rings. The van der Waals surface area contributed by atoms with E-state index in [1.165, 1.54) is 18.4 Å². The summed E-state index contributed by atoms with van der Waals surface area (Å²) in [6, 6.07) is 4.22. The summed E-state index contributed by atoms with van der Waals surface area (Å²) in [6.45, 7) is 5.88. The molecule has 1 aliphatic rings. The van der Waals surface area contributed by atoms with Crippen LogP contribution in [0.3, 0.4) is 0 Å². The zero-order chi connectivity index (χ0) is 12.8. The highest BCUT2D eigenvalue weighted by molar-refractivity contribution is 5.41. The molecule has 1 aromatic heterocycles. The van der Waals surface area contributed by atoms with Crippen molar-refractivity contribution in [3.8, 4) is 0 Å². The number of pyridine rings is 1. The molecule has 100 valence electrons.